The van der Waals surface area contributed by atoms with E-state index in [4.69, 9.17) is 30.6 Å². The van der Waals surface area contributed by atoms with Crippen LogP contribution >= 0.6 is 0 Å². The molecule has 7 nitrogen and oxygen atoms in total. The van der Waals surface area contributed by atoms with Gasteiger partial charge in [-0.05, 0) is 6.92 Å². The van der Waals surface area contributed by atoms with Crippen molar-refractivity contribution in [1.82, 2.24) is 0 Å². The number of hydrogen-bond acceptors (Lipinski definition) is 6. The summed E-state index contributed by atoms with van der Waals surface area (Å²) in [5, 5.41) is 53.0. The monoisotopic (exact) mass is 210 g/mol. The van der Waals surface area contributed by atoms with Crippen LogP contribution in [0.15, 0.2) is 0 Å². The molecule has 0 aromatic heterocycles. The van der Waals surface area contributed by atoms with Gasteiger partial charge in [0.05, 0.1) is 6.10 Å². The van der Waals surface area contributed by atoms with Crippen molar-refractivity contribution in [3.8, 4) is 0 Å². The van der Waals surface area contributed by atoms with Crippen LogP contribution in [-0.2, 0) is 4.79 Å². The van der Waals surface area contributed by atoms with Crippen LogP contribution in [0, 0.1) is 0 Å². The average molecular weight is 210 g/mol. The molecule has 1 unspecified atom stereocenters. The fraction of sp³-hybridized carbons (Fsp3) is 0.857. The Labute approximate surface area is 79.9 Å². The summed E-state index contributed by atoms with van der Waals surface area (Å²) in [6.07, 6.45) is -9.27. The molecule has 0 heterocycles. The van der Waals surface area contributed by atoms with Gasteiger partial charge in [-0.15, -0.1) is 0 Å². The van der Waals surface area contributed by atoms with Crippen LogP contribution in [-0.4, -0.2) is 67.1 Å². The van der Waals surface area contributed by atoms with Gasteiger partial charge < -0.3 is 30.6 Å². The fourth-order valence-corrected chi connectivity index (χ4v) is 0.820. The molecule has 5 atom stereocenters. The first-order chi connectivity index (χ1) is 6.29. The van der Waals surface area contributed by atoms with Gasteiger partial charge in [-0.3, -0.25) is 0 Å². The molecule has 0 spiro atoms. The van der Waals surface area contributed by atoms with E-state index in [0.717, 1.165) is 6.92 Å². The molecule has 14 heavy (non-hydrogen) atoms. The SMILES string of the molecule is CC(O)[C@@H](O)[C@@H](O)[C@H](O)[C@@H](O)C(=O)O. The second-order valence-corrected chi connectivity index (χ2v) is 3.00. The lowest BCUT2D eigenvalue weighted by atomic mass is 10.00. The van der Waals surface area contributed by atoms with Crippen molar-refractivity contribution in [2.45, 2.75) is 37.4 Å². The number of aliphatic hydroxyl groups excluding tert-OH is 5. The predicted octanol–water partition coefficient (Wildman–Crippen LogP) is -3.10. The van der Waals surface area contributed by atoms with E-state index < -0.39 is 36.5 Å². The Hall–Kier alpha value is -0.730. The molecule has 0 aliphatic carbocycles. The second kappa shape index (κ2) is 5.23. The van der Waals surface area contributed by atoms with E-state index in [-0.39, 0.29) is 0 Å². The summed E-state index contributed by atoms with van der Waals surface area (Å²) >= 11 is 0. The predicted molar refractivity (Wildman–Crippen MR) is 43.3 cm³/mol. The van der Waals surface area contributed by atoms with Crippen molar-refractivity contribution in [3.05, 3.63) is 0 Å². The molecule has 84 valence electrons. The number of aliphatic carboxylic acids is 1. The van der Waals surface area contributed by atoms with Crippen LogP contribution in [0.5, 0.6) is 0 Å². The highest BCUT2D eigenvalue weighted by atomic mass is 16.4. The molecule has 0 rings (SSSR count). The van der Waals surface area contributed by atoms with Crippen LogP contribution in [0.2, 0.25) is 0 Å². The third-order valence-corrected chi connectivity index (χ3v) is 1.77. The van der Waals surface area contributed by atoms with Crippen molar-refractivity contribution < 1.29 is 35.4 Å². The number of hydrogen-bond donors (Lipinski definition) is 6. The average Bonchev–Trinajstić information content (AvgIpc) is 2.12. The van der Waals surface area contributed by atoms with Crippen molar-refractivity contribution in [2.75, 3.05) is 0 Å². The van der Waals surface area contributed by atoms with Gasteiger partial charge in [-0.2, -0.15) is 0 Å². The first kappa shape index (κ1) is 13.3. The molecule has 0 radical (unpaired) electrons. The lowest BCUT2D eigenvalue weighted by Crippen LogP contribution is -2.50. The van der Waals surface area contributed by atoms with Gasteiger partial charge in [0.1, 0.15) is 18.3 Å². The van der Waals surface area contributed by atoms with Crippen LogP contribution in [0.3, 0.4) is 0 Å². The molecule has 0 aliphatic rings. The minimum atomic E-state index is -2.21. The van der Waals surface area contributed by atoms with E-state index >= 15 is 0 Å². The molecule has 7 heteroatoms. The van der Waals surface area contributed by atoms with Crippen molar-refractivity contribution in [3.63, 3.8) is 0 Å². The summed E-state index contributed by atoms with van der Waals surface area (Å²) in [7, 11) is 0. The van der Waals surface area contributed by atoms with E-state index in [1.807, 2.05) is 0 Å². The third kappa shape index (κ3) is 3.20. The van der Waals surface area contributed by atoms with Gasteiger partial charge in [-0.1, -0.05) is 0 Å². The van der Waals surface area contributed by atoms with Crippen molar-refractivity contribution in [1.29, 1.82) is 0 Å². The number of aliphatic hydroxyl groups is 5. The fourth-order valence-electron chi connectivity index (χ4n) is 0.820. The number of carboxylic acids is 1. The lowest BCUT2D eigenvalue weighted by molar-refractivity contribution is -0.167. The summed E-state index contributed by atoms with van der Waals surface area (Å²) in [6, 6.07) is 0. The summed E-state index contributed by atoms with van der Waals surface area (Å²) in [4.78, 5) is 10.2. The van der Waals surface area contributed by atoms with Crippen LogP contribution in [0.25, 0.3) is 0 Å². The third-order valence-electron chi connectivity index (χ3n) is 1.77. The second-order valence-electron chi connectivity index (χ2n) is 3.00. The van der Waals surface area contributed by atoms with Gasteiger partial charge in [0.25, 0.3) is 0 Å². The quantitative estimate of drug-likeness (QED) is 0.282. The molecular weight excluding hydrogens is 196 g/mol. The van der Waals surface area contributed by atoms with E-state index in [1.54, 1.807) is 0 Å². The van der Waals surface area contributed by atoms with E-state index in [2.05, 4.69) is 0 Å². The Morgan fingerprint density at radius 2 is 1.36 bits per heavy atom. The van der Waals surface area contributed by atoms with E-state index in [1.165, 1.54) is 0 Å². The number of rotatable bonds is 5. The first-order valence-electron chi connectivity index (χ1n) is 3.92. The van der Waals surface area contributed by atoms with Crippen LogP contribution in [0.4, 0.5) is 0 Å². The Bertz CT molecular complexity index is 192. The Morgan fingerprint density at radius 1 is 0.929 bits per heavy atom. The summed E-state index contributed by atoms with van der Waals surface area (Å²) in [6.45, 7) is 1.15. The molecular formula is C7H14O7. The highest BCUT2D eigenvalue weighted by Crippen LogP contribution is 2.08. The molecule has 0 fully saturated rings. The molecule has 0 aromatic rings. The minimum absolute atomic E-state index is 1.15. The highest BCUT2D eigenvalue weighted by Gasteiger charge is 2.35. The minimum Gasteiger partial charge on any atom is -0.479 e. The largest absolute Gasteiger partial charge is 0.479 e. The molecule has 0 saturated heterocycles. The van der Waals surface area contributed by atoms with Crippen LogP contribution in [0.1, 0.15) is 6.92 Å². The van der Waals surface area contributed by atoms with Crippen LogP contribution < -0.4 is 0 Å². The zero-order chi connectivity index (χ0) is 11.5. The highest BCUT2D eigenvalue weighted by molar-refractivity contribution is 5.72. The Balaban J connectivity index is 4.37. The van der Waals surface area contributed by atoms with Gasteiger partial charge in [-0.25, -0.2) is 4.79 Å². The molecule has 6 N–H and O–H groups in total. The van der Waals surface area contributed by atoms with E-state index in [0.29, 0.717) is 0 Å². The maximum absolute atomic E-state index is 10.2. The molecule has 0 aliphatic heterocycles. The van der Waals surface area contributed by atoms with Gasteiger partial charge in [0, 0.05) is 0 Å². The standard InChI is InChI=1S/C7H14O7/c1-2(8)3(9)4(10)5(11)6(12)7(13)14/h2-6,8-12H,1H3,(H,13,14)/t2?,3-,4-,5+,6-/m1/s1. The Kier molecular flexibility index (Phi) is 4.95. The van der Waals surface area contributed by atoms with Crippen molar-refractivity contribution in [2.24, 2.45) is 0 Å². The normalized spacial score (nSPS) is 22.1. The zero-order valence-electron chi connectivity index (χ0n) is 7.48. The molecule has 0 amide bonds. The van der Waals surface area contributed by atoms with Gasteiger partial charge >= 0.3 is 5.97 Å². The van der Waals surface area contributed by atoms with Crippen molar-refractivity contribution >= 4 is 5.97 Å². The topological polar surface area (TPSA) is 138 Å². The zero-order valence-corrected chi connectivity index (χ0v) is 7.48. The maximum atomic E-state index is 10.2. The summed E-state index contributed by atoms with van der Waals surface area (Å²) < 4.78 is 0. The summed E-state index contributed by atoms with van der Waals surface area (Å²) in [5.74, 6) is -1.73. The first-order valence-corrected chi connectivity index (χ1v) is 3.92. The van der Waals surface area contributed by atoms with Gasteiger partial charge in [0.15, 0.2) is 6.10 Å². The van der Waals surface area contributed by atoms with Gasteiger partial charge in [0.2, 0.25) is 0 Å². The molecule has 0 saturated carbocycles. The molecule has 0 aromatic carbocycles. The number of carboxylic acid groups (broad SMARTS) is 1. The maximum Gasteiger partial charge on any atom is 0.335 e. The summed E-state index contributed by atoms with van der Waals surface area (Å²) in [5.41, 5.74) is 0. The number of carbonyl (C=O) groups is 1. The molecule has 0 bridgehead atoms. The lowest BCUT2D eigenvalue weighted by Gasteiger charge is -2.25. The Morgan fingerprint density at radius 3 is 1.64 bits per heavy atom. The van der Waals surface area contributed by atoms with E-state index in [9.17, 15) is 4.79 Å². The smallest absolute Gasteiger partial charge is 0.335 e.